The fraction of sp³-hybridized carbons (Fsp3) is 0.500. The van der Waals surface area contributed by atoms with Crippen molar-refractivity contribution in [3.8, 4) is 5.75 Å². The molecule has 1 aromatic heterocycles. The molecule has 0 radical (unpaired) electrons. The highest BCUT2D eigenvalue weighted by molar-refractivity contribution is 7.89. The van der Waals surface area contributed by atoms with E-state index in [1.54, 1.807) is 12.1 Å². The van der Waals surface area contributed by atoms with Crippen LogP contribution in [0.2, 0.25) is 0 Å². The Kier molecular flexibility index (Phi) is 5.81. The van der Waals surface area contributed by atoms with E-state index in [2.05, 4.69) is 15.5 Å². The molecule has 1 saturated carbocycles. The van der Waals surface area contributed by atoms with Crippen LogP contribution < -0.4 is 10.1 Å². The second kappa shape index (κ2) is 8.34. The molecule has 0 spiro atoms. The zero-order chi connectivity index (χ0) is 20.4. The van der Waals surface area contributed by atoms with Gasteiger partial charge in [0.05, 0.1) is 26.7 Å². The molecule has 1 N–H and O–H groups in total. The van der Waals surface area contributed by atoms with Crippen LogP contribution in [0, 0.1) is 0 Å². The van der Waals surface area contributed by atoms with Gasteiger partial charge in [-0.1, -0.05) is 17.4 Å². The summed E-state index contributed by atoms with van der Waals surface area (Å²) in [7, 11) is -2.32. The summed E-state index contributed by atoms with van der Waals surface area (Å²) in [5, 5.41) is 12.3. The predicted octanol–water partition coefficient (Wildman–Crippen LogP) is 1.63. The number of hydrogen-bond donors (Lipinski definition) is 1. The monoisotopic (exact) mass is 438 g/mol. The molecule has 11 heteroatoms. The molecule has 4 rings (SSSR count). The second-order valence-corrected chi connectivity index (χ2v) is 9.86. The molecule has 9 nitrogen and oxygen atoms in total. The molecule has 2 heterocycles. The number of carbonyl (C=O) groups excluding carboxylic acids is 1. The molecule has 0 atom stereocenters. The quantitative estimate of drug-likeness (QED) is 0.699. The van der Waals surface area contributed by atoms with Crippen LogP contribution >= 0.6 is 11.3 Å². The number of nitrogens with one attached hydrogen (secondary N) is 1. The number of amides is 1. The fourth-order valence-electron chi connectivity index (χ4n) is 3.09. The molecule has 1 aromatic carbocycles. The highest BCUT2D eigenvalue weighted by Gasteiger charge is 2.30. The van der Waals surface area contributed by atoms with Gasteiger partial charge in [-0.3, -0.25) is 4.79 Å². The molecule has 0 bridgehead atoms. The molecule has 2 aromatic rings. The van der Waals surface area contributed by atoms with Crippen LogP contribution in [0.5, 0.6) is 5.75 Å². The van der Waals surface area contributed by atoms with Crippen LogP contribution in [-0.4, -0.2) is 62.2 Å². The number of aromatic nitrogens is 2. The maximum Gasteiger partial charge on any atom is 0.246 e. The zero-order valence-electron chi connectivity index (χ0n) is 16.0. The topological polar surface area (TPSA) is 111 Å². The Hall–Kier alpha value is -2.08. The van der Waals surface area contributed by atoms with Gasteiger partial charge in [0.2, 0.25) is 21.1 Å². The van der Waals surface area contributed by atoms with E-state index in [0.29, 0.717) is 29.8 Å². The summed E-state index contributed by atoms with van der Waals surface area (Å²) in [6, 6.07) is 4.76. The van der Waals surface area contributed by atoms with Gasteiger partial charge in [-0.05, 0) is 30.5 Å². The number of methoxy groups -OCH3 is 1. The van der Waals surface area contributed by atoms with Crippen molar-refractivity contribution in [2.24, 2.45) is 0 Å². The van der Waals surface area contributed by atoms with Gasteiger partial charge in [0, 0.05) is 19.0 Å². The van der Waals surface area contributed by atoms with E-state index in [0.717, 1.165) is 17.8 Å². The van der Waals surface area contributed by atoms with Gasteiger partial charge < -0.3 is 14.8 Å². The van der Waals surface area contributed by atoms with Gasteiger partial charge in [0.25, 0.3) is 0 Å². The van der Waals surface area contributed by atoms with Crippen molar-refractivity contribution in [1.82, 2.24) is 14.5 Å². The lowest BCUT2D eigenvalue weighted by Crippen LogP contribution is -2.40. The third-order valence-corrected chi connectivity index (χ3v) is 7.72. The lowest BCUT2D eigenvalue weighted by molar-refractivity contribution is -0.115. The number of carbonyl (C=O) groups is 1. The van der Waals surface area contributed by atoms with Gasteiger partial charge in [0.1, 0.15) is 15.7 Å². The Balaban J connectivity index is 1.50. The molecule has 1 aliphatic heterocycles. The number of hydrogen-bond acceptors (Lipinski definition) is 8. The molecule has 156 valence electrons. The number of benzene rings is 1. The Bertz CT molecular complexity index is 997. The van der Waals surface area contributed by atoms with E-state index >= 15 is 0 Å². The Morgan fingerprint density at radius 3 is 2.76 bits per heavy atom. The van der Waals surface area contributed by atoms with Crippen molar-refractivity contribution >= 4 is 32.4 Å². The molecule has 1 saturated heterocycles. The number of ether oxygens (including phenoxy) is 2. The van der Waals surface area contributed by atoms with E-state index in [4.69, 9.17) is 9.47 Å². The van der Waals surface area contributed by atoms with Crippen molar-refractivity contribution in [2.45, 2.75) is 30.1 Å². The van der Waals surface area contributed by atoms with Gasteiger partial charge in [-0.25, -0.2) is 8.42 Å². The van der Waals surface area contributed by atoms with Crippen molar-refractivity contribution in [2.75, 3.05) is 38.7 Å². The Labute approximate surface area is 173 Å². The summed E-state index contributed by atoms with van der Waals surface area (Å²) >= 11 is 1.39. The molecular formula is C18H22N4O5S2. The van der Waals surface area contributed by atoms with Crippen molar-refractivity contribution < 1.29 is 22.7 Å². The molecule has 29 heavy (non-hydrogen) atoms. The lowest BCUT2D eigenvalue weighted by atomic mass is 10.1. The summed E-state index contributed by atoms with van der Waals surface area (Å²) in [6.07, 6.45) is 2.26. The highest BCUT2D eigenvalue weighted by Crippen LogP contribution is 2.42. The summed E-state index contributed by atoms with van der Waals surface area (Å²) < 4.78 is 38.0. The number of anilines is 1. The first-order valence-corrected chi connectivity index (χ1v) is 11.6. The van der Waals surface area contributed by atoms with Gasteiger partial charge >= 0.3 is 0 Å². The first-order chi connectivity index (χ1) is 14.0. The summed E-state index contributed by atoms with van der Waals surface area (Å²) in [4.78, 5) is 12.5. The summed E-state index contributed by atoms with van der Waals surface area (Å²) in [5.41, 5.74) is 0.571. The Morgan fingerprint density at radius 2 is 2.07 bits per heavy atom. The number of rotatable bonds is 7. The van der Waals surface area contributed by atoms with Crippen LogP contribution in [0.25, 0.3) is 0 Å². The second-order valence-electron chi connectivity index (χ2n) is 6.95. The van der Waals surface area contributed by atoms with Gasteiger partial charge in [-0.15, -0.1) is 10.2 Å². The summed E-state index contributed by atoms with van der Waals surface area (Å²) in [6.45, 7) is 1.29. The minimum absolute atomic E-state index is 0.0218. The largest absolute Gasteiger partial charge is 0.495 e. The van der Waals surface area contributed by atoms with E-state index in [1.807, 2.05) is 0 Å². The summed E-state index contributed by atoms with van der Waals surface area (Å²) in [5.74, 6) is 0.454. The van der Waals surface area contributed by atoms with Crippen LogP contribution in [0.4, 0.5) is 5.13 Å². The number of sulfonamides is 1. The first kappa shape index (κ1) is 20.2. The maximum absolute atomic E-state index is 13.0. The van der Waals surface area contributed by atoms with Crippen molar-refractivity contribution in [1.29, 1.82) is 0 Å². The minimum atomic E-state index is -3.74. The smallest absolute Gasteiger partial charge is 0.246 e. The lowest BCUT2D eigenvalue weighted by Gasteiger charge is -2.26. The third-order valence-electron chi connectivity index (χ3n) is 4.79. The zero-order valence-corrected chi connectivity index (χ0v) is 17.6. The molecule has 2 aliphatic rings. The SMILES string of the molecule is COc1ccc(CC(=O)Nc2nnc(C3CC3)s2)cc1S(=O)(=O)N1CCOCC1. The van der Waals surface area contributed by atoms with Gasteiger partial charge in [-0.2, -0.15) is 4.31 Å². The molecule has 0 unspecified atom stereocenters. The maximum atomic E-state index is 13.0. The van der Waals surface area contributed by atoms with Crippen LogP contribution in [0.15, 0.2) is 23.1 Å². The van der Waals surface area contributed by atoms with Crippen molar-refractivity contribution in [3.05, 3.63) is 28.8 Å². The minimum Gasteiger partial charge on any atom is -0.495 e. The number of morpholine rings is 1. The van der Waals surface area contributed by atoms with E-state index in [9.17, 15) is 13.2 Å². The standard InChI is InChI=1S/C18H22N4O5S2/c1-26-14-5-2-12(10-15(14)29(24,25)22-6-8-27-9-7-22)11-16(23)19-18-21-20-17(28-18)13-3-4-13/h2,5,10,13H,3-4,6-9,11H2,1H3,(H,19,21,23). The average molecular weight is 439 g/mol. The molecular weight excluding hydrogens is 416 g/mol. The average Bonchev–Trinajstić information content (AvgIpc) is 3.48. The van der Waals surface area contributed by atoms with E-state index in [-0.39, 0.29) is 36.1 Å². The molecule has 1 aliphatic carbocycles. The fourth-order valence-corrected chi connectivity index (χ4v) is 5.63. The molecule has 1 amide bonds. The molecule has 2 fully saturated rings. The van der Waals surface area contributed by atoms with Crippen molar-refractivity contribution in [3.63, 3.8) is 0 Å². The van der Waals surface area contributed by atoms with Crippen LogP contribution in [0.1, 0.15) is 29.3 Å². The van der Waals surface area contributed by atoms with Crippen LogP contribution in [-0.2, 0) is 26.0 Å². The highest BCUT2D eigenvalue weighted by atomic mass is 32.2. The van der Waals surface area contributed by atoms with E-state index < -0.39 is 10.0 Å². The predicted molar refractivity (Wildman–Crippen MR) is 107 cm³/mol. The third kappa shape index (κ3) is 4.58. The van der Waals surface area contributed by atoms with Gasteiger partial charge in [0.15, 0.2) is 0 Å². The van der Waals surface area contributed by atoms with Crippen LogP contribution in [0.3, 0.4) is 0 Å². The normalized spacial score (nSPS) is 17.8. The van der Waals surface area contributed by atoms with E-state index in [1.165, 1.54) is 28.8 Å². The first-order valence-electron chi connectivity index (χ1n) is 9.35. The Morgan fingerprint density at radius 1 is 1.31 bits per heavy atom. The number of nitrogens with zero attached hydrogens (tertiary/aromatic N) is 3.